The molecule has 42 heavy (non-hydrogen) atoms. The fraction of sp³-hybridized carbons (Fsp3) is 1.00. The van der Waals surface area contributed by atoms with Crippen molar-refractivity contribution in [3.63, 3.8) is 0 Å². The monoisotopic (exact) mass is 680 g/mol. The molecule has 0 aliphatic carbocycles. The molecule has 0 aromatic heterocycles. The van der Waals surface area contributed by atoms with E-state index in [0.717, 1.165) is 0 Å². The van der Waals surface area contributed by atoms with Gasteiger partial charge >= 0.3 is 13.4 Å². The van der Waals surface area contributed by atoms with Crippen LogP contribution in [0.25, 0.3) is 0 Å². The Morgan fingerprint density at radius 1 is 0.262 bits per heavy atom. The molecule has 0 atom stereocenters. The molecule has 260 valence electrons. The normalized spacial score (nSPS) is 11.1. The third kappa shape index (κ3) is 90.0. The Hall–Kier alpha value is 1.06. The van der Waals surface area contributed by atoms with Crippen molar-refractivity contribution in [1.82, 2.24) is 0 Å². The van der Waals surface area contributed by atoms with Crippen LogP contribution < -0.4 is 0 Å². The van der Waals surface area contributed by atoms with Gasteiger partial charge in [0.25, 0.3) is 0 Å². The molecular weight excluding hydrogens is 606 g/mol. The largest absolute Gasteiger partial charge is 0.325 e. The van der Waals surface area contributed by atoms with Gasteiger partial charge in [-0.05, 0) is 23.6 Å². The zero-order valence-corrected chi connectivity index (χ0v) is 31.6. The Morgan fingerprint density at radius 3 is 0.405 bits per heavy atom. The summed E-state index contributed by atoms with van der Waals surface area (Å²) >= 11 is 7.21. The van der Waals surface area contributed by atoms with Gasteiger partial charge in [-0.2, -0.15) is 0 Å². The molecule has 0 bridgehead atoms. The highest BCUT2D eigenvalue weighted by atomic mass is 32.5. The van der Waals surface area contributed by atoms with Gasteiger partial charge < -0.3 is 29.4 Å². The van der Waals surface area contributed by atoms with Gasteiger partial charge in [-0.1, -0.05) is 207 Å². The van der Waals surface area contributed by atoms with E-state index in [4.69, 9.17) is 29.4 Å². The highest BCUT2D eigenvalue weighted by Crippen LogP contribution is 2.27. The van der Waals surface area contributed by atoms with Crippen molar-refractivity contribution in [2.75, 3.05) is 0 Å². The summed E-state index contributed by atoms with van der Waals surface area (Å²) in [5.74, 6) is 0. The van der Waals surface area contributed by atoms with Gasteiger partial charge in [-0.3, -0.25) is 0 Å². The lowest BCUT2D eigenvalue weighted by Gasteiger charge is -2.02. The van der Waals surface area contributed by atoms with Gasteiger partial charge in [0, 0.05) is 0 Å². The molecule has 10 heteroatoms. The van der Waals surface area contributed by atoms with Crippen LogP contribution in [0, 0.1) is 0 Å². The van der Waals surface area contributed by atoms with Crippen LogP contribution in [0.5, 0.6) is 0 Å². The first kappa shape index (κ1) is 49.9. The first-order chi connectivity index (χ1) is 19.8. The zero-order valence-electron chi connectivity index (χ0n) is 28.2. The first-order valence-electron chi connectivity index (χ1n) is 17.4. The first-order valence-corrected chi connectivity index (χ1v) is 22.7. The molecule has 0 aliphatic rings. The quantitative estimate of drug-likeness (QED) is 0.0394. The van der Waals surface area contributed by atoms with Crippen LogP contribution >= 0.6 is 13.4 Å². The summed E-state index contributed by atoms with van der Waals surface area (Å²) in [6, 6.07) is 0. The number of hydrogen-bond acceptors (Lipinski definition) is 2. The van der Waals surface area contributed by atoms with Gasteiger partial charge in [0.15, 0.2) is 0 Å². The summed E-state index contributed by atoms with van der Waals surface area (Å²) in [6.45, 7) is 1.55. The van der Waals surface area contributed by atoms with Crippen LogP contribution in [-0.4, -0.2) is 29.4 Å². The van der Waals surface area contributed by atoms with Crippen molar-refractivity contribution in [1.29, 1.82) is 0 Å². The molecule has 6 nitrogen and oxygen atoms in total. The van der Waals surface area contributed by atoms with Crippen molar-refractivity contribution in [2.45, 2.75) is 207 Å². The minimum absolute atomic E-state index is 1.37. The lowest BCUT2D eigenvalue weighted by molar-refractivity contribution is 0.361. The van der Waals surface area contributed by atoms with Crippen molar-refractivity contribution in [2.24, 2.45) is 0 Å². The second kappa shape index (κ2) is 42.1. The Bertz CT molecular complexity index is 467. The second-order valence-corrected chi connectivity index (χ2v) is 16.5. The predicted octanol–water partition coefficient (Wildman–Crippen LogP) is 11.4. The molecule has 0 aliphatic heterocycles. The minimum Gasteiger partial charge on any atom is -0.325 e. The van der Waals surface area contributed by atoms with Crippen molar-refractivity contribution in [3.8, 4) is 0 Å². The van der Waals surface area contributed by atoms with E-state index in [2.05, 4.69) is 51.3 Å². The maximum Gasteiger partial charge on any atom is 0.319 e. The van der Waals surface area contributed by atoms with Crippen molar-refractivity contribution >= 4 is 37.1 Å². The Labute approximate surface area is 273 Å². The summed E-state index contributed by atoms with van der Waals surface area (Å²) in [5, 5.41) is 0. The maximum atomic E-state index is 7.56. The minimum atomic E-state index is -3.81. The summed E-state index contributed by atoms with van der Waals surface area (Å²) in [5.41, 5.74) is 0. The van der Waals surface area contributed by atoms with Crippen LogP contribution in [0.3, 0.4) is 0 Å². The van der Waals surface area contributed by atoms with Gasteiger partial charge in [0.2, 0.25) is 0 Å². The average molecular weight is 681 g/mol. The highest BCUT2D eigenvalue weighted by molar-refractivity contribution is 8.06. The SMILES string of the molecule is CCCCCCCCCCCCCCCC.CCCCCCCCCCCCCCCC.OP(O)(O)=S.OP(O)(O)=S. The van der Waals surface area contributed by atoms with Crippen LogP contribution in [0.15, 0.2) is 0 Å². The van der Waals surface area contributed by atoms with Crippen LogP contribution in [0.4, 0.5) is 0 Å². The molecule has 0 aromatic carbocycles. The molecule has 0 aromatic rings. The van der Waals surface area contributed by atoms with Gasteiger partial charge in [0.05, 0.1) is 0 Å². The van der Waals surface area contributed by atoms with Gasteiger partial charge in [0.1, 0.15) is 0 Å². The van der Waals surface area contributed by atoms with E-state index < -0.39 is 13.4 Å². The molecule has 0 rings (SSSR count). The molecule has 0 spiro atoms. The Morgan fingerprint density at radius 2 is 0.333 bits per heavy atom. The maximum absolute atomic E-state index is 7.56. The summed E-state index contributed by atoms with van der Waals surface area (Å²) in [4.78, 5) is 45.3. The van der Waals surface area contributed by atoms with Crippen LogP contribution in [0.2, 0.25) is 0 Å². The third-order valence-corrected chi connectivity index (χ3v) is 6.91. The molecular formula is C32H74O6P2S2. The molecule has 0 saturated heterocycles. The molecule has 0 heterocycles. The molecule has 0 fully saturated rings. The van der Waals surface area contributed by atoms with E-state index in [0.29, 0.717) is 0 Å². The Kier molecular flexibility index (Phi) is 50.0. The topological polar surface area (TPSA) is 121 Å². The van der Waals surface area contributed by atoms with Crippen molar-refractivity contribution in [3.05, 3.63) is 0 Å². The lowest BCUT2D eigenvalue weighted by atomic mass is 10.0. The van der Waals surface area contributed by atoms with Gasteiger partial charge in [-0.15, -0.1) is 0 Å². The van der Waals surface area contributed by atoms with E-state index in [1.165, 1.54) is 180 Å². The summed E-state index contributed by atoms with van der Waals surface area (Å²) in [7, 11) is 0. The van der Waals surface area contributed by atoms with E-state index in [1.807, 2.05) is 0 Å². The smallest absolute Gasteiger partial charge is 0.319 e. The fourth-order valence-electron chi connectivity index (χ4n) is 4.54. The van der Waals surface area contributed by atoms with E-state index in [1.54, 1.807) is 0 Å². The number of rotatable bonds is 26. The molecule has 0 amide bonds. The fourth-order valence-corrected chi connectivity index (χ4v) is 4.54. The highest BCUT2D eigenvalue weighted by Gasteiger charge is 1.95. The molecule has 0 radical (unpaired) electrons. The number of unbranched alkanes of at least 4 members (excludes halogenated alkanes) is 26. The second-order valence-electron chi connectivity index (χ2n) is 11.5. The standard InChI is InChI=1S/2C16H34.2H3O3PS/c2*1-3-5-7-9-11-13-15-16-14-12-10-8-6-4-2;2*1-4(2,3)5/h2*3-16H2,1-2H3;2*(H3,1,2,3,5). The van der Waals surface area contributed by atoms with E-state index in [9.17, 15) is 0 Å². The third-order valence-electron chi connectivity index (χ3n) is 6.91. The summed E-state index contributed by atoms with van der Waals surface area (Å²) in [6.07, 6.45) is 40.8. The Balaban J connectivity index is -0.000000260. The van der Waals surface area contributed by atoms with E-state index >= 15 is 0 Å². The van der Waals surface area contributed by atoms with Crippen LogP contribution in [-0.2, 0) is 23.6 Å². The zero-order chi connectivity index (χ0) is 32.8. The predicted molar refractivity (Wildman–Crippen MR) is 194 cm³/mol. The van der Waals surface area contributed by atoms with Crippen LogP contribution in [0.1, 0.15) is 207 Å². The lowest BCUT2D eigenvalue weighted by Crippen LogP contribution is -1.82. The average Bonchev–Trinajstić information content (AvgIpc) is 2.88. The van der Waals surface area contributed by atoms with E-state index in [-0.39, 0.29) is 0 Å². The molecule has 0 unspecified atom stereocenters. The summed E-state index contributed by atoms with van der Waals surface area (Å²) < 4.78 is 0. The van der Waals surface area contributed by atoms with Gasteiger partial charge in [-0.25, -0.2) is 0 Å². The number of hydrogen-bond donors (Lipinski definition) is 6. The molecule has 6 N–H and O–H groups in total. The van der Waals surface area contributed by atoms with Crippen molar-refractivity contribution < 1.29 is 29.4 Å². The molecule has 0 saturated carbocycles.